The van der Waals surface area contributed by atoms with Crippen LogP contribution in [0, 0.1) is 11.1 Å². The van der Waals surface area contributed by atoms with Crippen molar-refractivity contribution in [3.05, 3.63) is 76.8 Å². The molecule has 2 aromatic carbocycles. The van der Waals surface area contributed by atoms with Crippen LogP contribution in [0.3, 0.4) is 0 Å². The first-order valence-corrected chi connectivity index (χ1v) is 10.4. The molecule has 1 unspecified atom stereocenters. The molecule has 0 saturated heterocycles. The summed E-state index contributed by atoms with van der Waals surface area (Å²) >= 11 is 0. The summed E-state index contributed by atoms with van der Waals surface area (Å²) in [7, 11) is 1.60. The van der Waals surface area contributed by atoms with Gasteiger partial charge in [0, 0.05) is 5.56 Å². The third kappa shape index (κ3) is 3.34. The molecule has 8 nitrogen and oxygen atoms in total. The van der Waals surface area contributed by atoms with Crippen molar-refractivity contribution in [3.63, 3.8) is 0 Å². The van der Waals surface area contributed by atoms with Crippen molar-refractivity contribution < 1.29 is 14.7 Å². The highest BCUT2D eigenvalue weighted by Gasteiger charge is 2.33. The van der Waals surface area contributed by atoms with E-state index >= 15 is 0 Å². The Labute approximate surface area is 186 Å². The van der Waals surface area contributed by atoms with Crippen molar-refractivity contribution in [1.29, 1.82) is 0 Å². The maximum Gasteiger partial charge on any atom is 0.161 e. The van der Waals surface area contributed by atoms with E-state index < -0.39 is 0 Å². The lowest BCUT2D eigenvalue weighted by atomic mass is 10.00. The molecule has 0 fully saturated rings. The number of fused-ring (bicyclic) bond motifs is 3. The zero-order valence-electron chi connectivity index (χ0n) is 18.0. The van der Waals surface area contributed by atoms with Crippen molar-refractivity contribution in [2.75, 3.05) is 23.8 Å². The van der Waals surface area contributed by atoms with Crippen LogP contribution < -0.4 is 19.6 Å². The number of hydroxylamine groups is 2. The van der Waals surface area contributed by atoms with Crippen LogP contribution in [-0.2, 0) is 0 Å². The molecule has 2 aliphatic heterocycles. The van der Waals surface area contributed by atoms with Crippen molar-refractivity contribution in [2.24, 2.45) is 15.9 Å². The van der Waals surface area contributed by atoms with Gasteiger partial charge in [0.2, 0.25) is 0 Å². The second-order valence-corrected chi connectivity index (χ2v) is 8.18. The molecule has 3 aliphatic rings. The largest absolute Gasteiger partial charge is 0.754 e. The third-order valence-electron chi connectivity index (χ3n) is 5.43. The quantitative estimate of drug-likeness (QED) is 0.759. The van der Waals surface area contributed by atoms with E-state index in [4.69, 9.17) is 14.5 Å². The molecule has 0 amide bonds. The lowest BCUT2D eigenvalue weighted by molar-refractivity contribution is 0.257. The molecular weight excluding hydrogens is 408 g/mol. The molecule has 1 atom stereocenters. The molecule has 0 saturated carbocycles. The predicted octanol–water partition coefficient (Wildman–Crippen LogP) is 4.29. The monoisotopic (exact) mass is 431 g/mol. The van der Waals surface area contributed by atoms with Crippen molar-refractivity contribution >= 4 is 22.9 Å². The first-order chi connectivity index (χ1) is 15.5. The summed E-state index contributed by atoms with van der Waals surface area (Å²) in [6.07, 6.45) is 3.43. The molecule has 0 spiro atoms. The average Bonchev–Trinajstić information content (AvgIpc) is 3.23. The molecule has 1 N–H and O–H groups in total. The second kappa shape index (κ2) is 7.81. The molecule has 32 heavy (non-hydrogen) atoms. The number of aliphatic imine (C=N–C) groups is 2. The first kappa shape index (κ1) is 20.3. The maximum atomic E-state index is 12.9. The minimum Gasteiger partial charge on any atom is -0.754 e. The van der Waals surface area contributed by atoms with Crippen LogP contribution in [-0.4, -0.2) is 36.5 Å². The Morgan fingerprint density at radius 2 is 1.88 bits per heavy atom. The summed E-state index contributed by atoms with van der Waals surface area (Å²) in [6, 6.07) is 12.1. The van der Waals surface area contributed by atoms with Crippen molar-refractivity contribution in [3.8, 4) is 11.5 Å². The van der Waals surface area contributed by atoms with Gasteiger partial charge in [-0.25, -0.2) is 10.1 Å². The van der Waals surface area contributed by atoms with Crippen molar-refractivity contribution in [1.82, 2.24) is 0 Å². The smallest absolute Gasteiger partial charge is 0.161 e. The third-order valence-corrected chi connectivity index (χ3v) is 5.43. The van der Waals surface area contributed by atoms with Crippen molar-refractivity contribution in [2.45, 2.75) is 19.9 Å². The fraction of sp³-hybridized carbons (Fsp3) is 0.250. The Bertz CT molecular complexity index is 1200. The number of amidine groups is 1. The Morgan fingerprint density at radius 1 is 1.09 bits per heavy atom. The van der Waals surface area contributed by atoms with Crippen LogP contribution in [0.2, 0.25) is 0 Å². The molecule has 0 bridgehead atoms. The van der Waals surface area contributed by atoms with Crippen LogP contribution in [0.15, 0.2) is 76.0 Å². The number of anilines is 2. The molecule has 5 rings (SSSR count). The summed E-state index contributed by atoms with van der Waals surface area (Å²) < 4.78 is 11.3. The number of hydrogen-bond donors (Lipinski definition) is 1. The summed E-state index contributed by atoms with van der Waals surface area (Å²) in [5, 5.41) is 25.5. The van der Waals surface area contributed by atoms with Gasteiger partial charge in [-0.15, -0.1) is 0 Å². The Kier molecular flexibility index (Phi) is 4.96. The number of para-hydroxylation sites is 2. The fourth-order valence-corrected chi connectivity index (χ4v) is 3.84. The van der Waals surface area contributed by atoms with Crippen LogP contribution in [0.5, 0.6) is 11.5 Å². The number of benzene rings is 2. The van der Waals surface area contributed by atoms with Gasteiger partial charge in [-0.2, -0.15) is 0 Å². The topological polar surface area (TPSA) is 93.0 Å². The van der Waals surface area contributed by atoms with Gasteiger partial charge in [0.25, 0.3) is 0 Å². The highest BCUT2D eigenvalue weighted by Crippen LogP contribution is 2.42. The van der Waals surface area contributed by atoms with Crippen LogP contribution in [0.1, 0.15) is 19.4 Å². The first-order valence-electron chi connectivity index (χ1n) is 10.4. The minimum atomic E-state index is -0.389. The number of rotatable bonds is 5. The van der Waals surface area contributed by atoms with Gasteiger partial charge < -0.3 is 19.7 Å². The number of ether oxygens (including phenoxy) is 2. The zero-order chi connectivity index (χ0) is 22.4. The minimum absolute atomic E-state index is 0.327. The lowest BCUT2D eigenvalue weighted by Crippen LogP contribution is -2.36. The van der Waals surface area contributed by atoms with E-state index in [0.29, 0.717) is 58.3 Å². The van der Waals surface area contributed by atoms with Gasteiger partial charge in [0.1, 0.15) is 6.04 Å². The van der Waals surface area contributed by atoms with Crippen LogP contribution in [0.25, 0.3) is 0 Å². The summed E-state index contributed by atoms with van der Waals surface area (Å²) in [6.45, 7) is 4.76. The SMILES string of the molecule is COc1cc(C2=NC3C=C4C(=CC3=N2)N([O-])c2ccccc2N4O)ccc1OCC(C)C. The van der Waals surface area contributed by atoms with Gasteiger partial charge in [-0.1, -0.05) is 26.0 Å². The molecule has 0 aromatic heterocycles. The van der Waals surface area contributed by atoms with E-state index in [0.717, 1.165) is 15.7 Å². The molecule has 1 aliphatic carbocycles. The van der Waals surface area contributed by atoms with Gasteiger partial charge >= 0.3 is 0 Å². The average molecular weight is 431 g/mol. The van der Waals surface area contributed by atoms with Crippen LogP contribution in [0.4, 0.5) is 11.4 Å². The molecule has 2 heterocycles. The van der Waals surface area contributed by atoms with E-state index in [2.05, 4.69) is 18.8 Å². The van der Waals surface area contributed by atoms with E-state index in [1.807, 2.05) is 18.2 Å². The Balaban J connectivity index is 1.47. The van der Waals surface area contributed by atoms with Gasteiger partial charge in [-0.05, 0) is 48.4 Å². The predicted molar refractivity (Wildman–Crippen MR) is 124 cm³/mol. The standard InChI is InChI=1S/C24H23N4O4/c1-14(2)13-32-22-9-8-15(10-23(22)31-3)24-25-16-11-20-21(12-17(16)26-24)28(30)19-7-5-4-6-18(19)27(20)29/h4-12,14,16,29H,13H2,1-3H3/q-1. The zero-order valence-corrected chi connectivity index (χ0v) is 18.0. The Morgan fingerprint density at radius 3 is 2.62 bits per heavy atom. The molecular formula is C24H23N4O4-. The normalized spacial score (nSPS) is 18.9. The van der Waals surface area contributed by atoms with Gasteiger partial charge in [0.15, 0.2) is 17.3 Å². The van der Waals surface area contributed by atoms with E-state index in [-0.39, 0.29) is 6.04 Å². The van der Waals surface area contributed by atoms with E-state index in [1.165, 1.54) is 0 Å². The fourth-order valence-electron chi connectivity index (χ4n) is 3.84. The molecule has 0 radical (unpaired) electrons. The summed E-state index contributed by atoms with van der Waals surface area (Å²) in [5.41, 5.74) is 2.94. The maximum absolute atomic E-state index is 12.9. The number of hydrogen-bond acceptors (Lipinski definition) is 8. The van der Waals surface area contributed by atoms with E-state index in [9.17, 15) is 10.4 Å². The lowest BCUT2D eigenvalue weighted by Gasteiger charge is -2.44. The highest BCUT2D eigenvalue weighted by molar-refractivity contribution is 6.18. The molecule has 8 heteroatoms. The van der Waals surface area contributed by atoms with Gasteiger partial charge in [0.05, 0.1) is 42.2 Å². The van der Waals surface area contributed by atoms with Crippen LogP contribution >= 0.6 is 0 Å². The van der Waals surface area contributed by atoms with Gasteiger partial charge in [-0.3, -0.25) is 10.2 Å². The van der Waals surface area contributed by atoms with E-state index in [1.54, 1.807) is 43.5 Å². The summed E-state index contributed by atoms with van der Waals surface area (Å²) in [4.78, 5) is 9.35. The summed E-state index contributed by atoms with van der Waals surface area (Å²) in [5.74, 6) is 2.20. The highest BCUT2D eigenvalue weighted by atomic mass is 16.5. The number of nitrogens with zero attached hydrogens (tertiary/aromatic N) is 4. The molecule has 164 valence electrons. The molecule has 2 aromatic rings. The second-order valence-electron chi connectivity index (χ2n) is 8.18. The Hall–Kier alpha value is -3.62. The number of methoxy groups -OCH3 is 1.